The van der Waals surface area contributed by atoms with Crippen LogP contribution in [0.2, 0.25) is 5.02 Å². The van der Waals surface area contributed by atoms with Gasteiger partial charge in [0.15, 0.2) is 0 Å². The summed E-state index contributed by atoms with van der Waals surface area (Å²) >= 11 is 5.81. The Morgan fingerprint density at radius 1 is 0.893 bits per heavy atom. The van der Waals surface area contributed by atoms with E-state index < -0.39 is 5.97 Å². The summed E-state index contributed by atoms with van der Waals surface area (Å²) in [6, 6.07) is 18.6. The Labute approximate surface area is 166 Å². The summed E-state index contributed by atoms with van der Waals surface area (Å²) in [6.07, 6.45) is 2.77. The summed E-state index contributed by atoms with van der Waals surface area (Å²) < 4.78 is 18.0. The van der Waals surface area contributed by atoms with Crippen LogP contribution in [-0.2, 0) is 4.79 Å². The van der Waals surface area contributed by atoms with Crippen molar-refractivity contribution < 1.29 is 18.7 Å². The average molecular weight is 396 g/mol. The van der Waals surface area contributed by atoms with Crippen LogP contribution < -0.4 is 10.1 Å². The number of nitrogens with one attached hydrogen (secondary N) is 1. The molecule has 0 spiro atoms. The molecule has 6 heteroatoms. The van der Waals surface area contributed by atoms with Crippen molar-refractivity contribution in [3.63, 3.8) is 0 Å². The van der Waals surface area contributed by atoms with Crippen molar-refractivity contribution in [1.29, 1.82) is 0 Å². The van der Waals surface area contributed by atoms with Crippen LogP contribution >= 0.6 is 11.6 Å². The highest BCUT2D eigenvalue weighted by Crippen LogP contribution is 2.17. The van der Waals surface area contributed by atoms with E-state index in [1.807, 2.05) is 0 Å². The standard InChI is InChI=1S/C22H15ClFNO3/c23-17-6-10-19(11-7-17)25-22(27)16-4-12-20(13-5-16)28-21(26)14-3-15-1-8-18(24)9-2-15/h1-14H,(H,25,27)/b14-3+. The zero-order chi connectivity index (χ0) is 19.9. The normalized spacial score (nSPS) is 10.6. The van der Waals surface area contributed by atoms with Crippen molar-refractivity contribution >= 4 is 35.2 Å². The number of anilines is 1. The zero-order valence-corrected chi connectivity index (χ0v) is 15.3. The molecular weight excluding hydrogens is 381 g/mol. The molecule has 0 heterocycles. The molecule has 0 saturated heterocycles. The minimum atomic E-state index is -0.581. The van der Waals surface area contributed by atoms with E-state index >= 15 is 0 Å². The van der Waals surface area contributed by atoms with Gasteiger partial charge in [-0.3, -0.25) is 4.79 Å². The van der Waals surface area contributed by atoms with Crippen LogP contribution in [0.3, 0.4) is 0 Å². The van der Waals surface area contributed by atoms with Gasteiger partial charge in [0.05, 0.1) is 0 Å². The highest BCUT2D eigenvalue weighted by atomic mass is 35.5. The zero-order valence-electron chi connectivity index (χ0n) is 14.6. The summed E-state index contributed by atoms with van der Waals surface area (Å²) in [5, 5.41) is 3.33. The number of carbonyl (C=O) groups is 2. The van der Waals surface area contributed by atoms with E-state index in [0.717, 1.165) is 0 Å². The number of carbonyl (C=O) groups excluding carboxylic acids is 2. The van der Waals surface area contributed by atoms with E-state index in [2.05, 4.69) is 5.32 Å². The Morgan fingerprint density at radius 2 is 1.54 bits per heavy atom. The second-order valence-corrected chi connectivity index (χ2v) is 6.23. The fraction of sp³-hybridized carbons (Fsp3) is 0. The largest absolute Gasteiger partial charge is 0.423 e. The number of benzene rings is 3. The van der Waals surface area contributed by atoms with Crippen molar-refractivity contribution in [1.82, 2.24) is 0 Å². The van der Waals surface area contributed by atoms with E-state index in [0.29, 0.717) is 27.6 Å². The summed E-state index contributed by atoms with van der Waals surface area (Å²) in [7, 11) is 0. The van der Waals surface area contributed by atoms with Gasteiger partial charge in [0.25, 0.3) is 5.91 Å². The van der Waals surface area contributed by atoms with Gasteiger partial charge in [0.2, 0.25) is 0 Å². The van der Waals surface area contributed by atoms with Gasteiger partial charge >= 0.3 is 5.97 Å². The molecule has 0 saturated carbocycles. The average Bonchev–Trinajstić information content (AvgIpc) is 2.70. The molecule has 140 valence electrons. The van der Waals surface area contributed by atoms with Crippen LogP contribution in [0.5, 0.6) is 5.75 Å². The maximum absolute atomic E-state index is 12.9. The molecule has 3 rings (SSSR count). The number of rotatable bonds is 5. The number of halogens is 2. The Hall–Kier alpha value is -3.44. The van der Waals surface area contributed by atoms with Gasteiger partial charge < -0.3 is 10.1 Å². The van der Waals surface area contributed by atoms with E-state index in [4.69, 9.17) is 16.3 Å². The lowest BCUT2D eigenvalue weighted by atomic mass is 10.2. The monoisotopic (exact) mass is 395 g/mol. The number of esters is 1. The topological polar surface area (TPSA) is 55.4 Å². The van der Waals surface area contributed by atoms with E-state index in [1.54, 1.807) is 48.5 Å². The number of amides is 1. The molecule has 0 fully saturated rings. The first-order chi connectivity index (χ1) is 13.5. The number of ether oxygens (including phenoxy) is 1. The van der Waals surface area contributed by atoms with Crippen molar-refractivity contribution in [2.75, 3.05) is 5.32 Å². The highest BCUT2D eigenvalue weighted by Gasteiger charge is 2.07. The number of hydrogen-bond donors (Lipinski definition) is 1. The van der Waals surface area contributed by atoms with Gasteiger partial charge in [-0.25, -0.2) is 9.18 Å². The minimum Gasteiger partial charge on any atom is -0.423 e. The van der Waals surface area contributed by atoms with E-state index in [-0.39, 0.29) is 11.7 Å². The van der Waals surface area contributed by atoms with Gasteiger partial charge in [-0.2, -0.15) is 0 Å². The Morgan fingerprint density at radius 3 is 2.18 bits per heavy atom. The molecule has 1 amide bonds. The third kappa shape index (κ3) is 5.53. The lowest BCUT2D eigenvalue weighted by Crippen LogP contribution is -2.11. The lowest BCUT2D eigenvalue weighted by Gasteiger charge is -2.06. The number of hydrogen-bond acceptors (Lipinski definition) is 3. The van der Waals surface area contributed by atoms with Crippen LogP contribution in [-0.4, -0.2) is 11.9 Å². The first-order valence-electron chi connectivity index (χ1n) is 8.32. The third-order valence-electron chi connectivity index (χ3n) is 3.72. The summed E-state index contributed by atoms with van der Waals surface area (Å²) in [5.74, 6) is -0.921. The molecule has 1 N–H and O–H groups in total. The maximum atomic E-state index is 12.9. The molecule has 0 atom stereocenters. The third-order valence-corrected chi connectivity index (χ3v) is 3.97. The van der Waals surface area contributed by atoms with Crippen LogP contribution in [0.25, 0.3) is 6.08 Å². The molecule has 0 aromatic heterocycles. The molecule has 4 nitrogen and oxygen atoms in total. The molecule has 0 aliphatic heterocycles. The second kappa shape index (κ2) is 8.97. The van der Waals surface area contributed by atoms with Crippen molar-refractivity contribution in [2.45, 2.75) is 0 Å². The molecule has 0 aliphatic carbocycles. The quantitative estimate of drug-likeness (QED) is 0.360. The predicted octanol–water partition coefficient (Wildman–Crippen LogP) is 5.35. The molecule has 0 aliphatic rings. The summed E-state index contributed by atoms with van der Waals surface area (Å²) in [5.41, 5.74) is 1.71. The van der Waals surface area contributed by atoms with Gasteiger partial charge in [-0.05, 0) is 72.3 Å². The molecule has 0 unspecified atom stereocenters. The molecule has 28 heavy (non-hydrogen) atoms. The van der Waals surface area contributed by atoms with Gasteiger partial charge in [-0.15, -0.1) is 0 Å². The van der Waals surface area contributed by atoms with Gasteiger partial charge in [0.1, 0.15) is 11.6 Å². The predicted molar refractivity (Wildman–Crippen MR) is 107 cm³/mol. The van der Waals surface area contributed by atoms with Crippen LogP contribution in [0.1, 0.15) is 15.9 Å². The summed E-state index contributed by atoms with van der Waals surface area (Å²) in [6.45, 7) is 0. The highest BCUT2D eigenvalue weighted by molar-refractivity contribution is 6.30. The SMILES string of the molecule is O=C(/C=C/c1ccc(F)cc1)Oc1ccc(C(=O)Nc2ccc(Cl)cc2)cc1. The maximum Gasteiger partial charge on any atom is 0.336 e. The second-order valence-electron chi connectivity index (χ2n) is 5.79. The van der Waals surface area contributed by atoms with Crippen molar-refractivity contribution in [3.05, 3.63) is 101 Å². The lowest BCUT2D eigenvalue weighted by molar-refractivity contribution is -0.128. The summed E-state index contributed by atoms with van der Waals surface area (Å²) in [4.78, 5) is 24.1. The van der Waals surface area contributed by atoms with Crippen LogP contribution in [0.15, 0.2) is 78.9 Å². The van der Waals surface area contributed by atoms with Crippen molar-refractivity contribution in [2.24, 2.45) is 0 Å². The molecule has 3 aromatic carbocycles. The first-order valence-corrected chi connectivity index (χ1v) is 8.70. The molecule has 0 bridgehead atoms. The Bertz CT molecular complexity index is 997. The smallest absolute Gasteiger partial charge is 0.336 e. The minimum absolute atomic E-state index is 0.295. The van der Waals surface area contributed by atoms with Gasteiger partial charge in [-0.1, -0.05) is 23.7 Å². The fourth-order valence-corrected chi connectivity index (χ4v) is 2.43. The Balaban J connectivity index is 1.57. The van der Waals surface area contributed by atoms with E-state index in [9.17, 15) is 14.0 Å². The van der Waals surface area contributed by atoms with E-state index in [1.165, 1.54) is 36.4 Å². The Kier molecular flexibility index (Phi) is 6.19. The molecule has 3 aromatic rings. The fourth-order valence-electron chi connectivity index (χ4n) is 2.30. The molecular formula is C22H15ClFNO3. The van der Waals surface area contributed by atoms with Crippen LogP contribution in [0.4, 0.5) is 10.1 Å². The van der Waals surface area contributed by atoms with Crippen molar-refractivity contribution in [3.8, 4) is 5.75 Å². The molecule has 0 radical (unpaired) electrons. The van der Waals surface area contributed by atoms with Gasteiger partial charge in [0, 0.05) is 22.3 Å². The first kappa shape index (κ1) is 19.3. The van der Waals surface area contributed by atoms with Crippen LogP contribution in [0, 0.1) is 5.82 Å².